The van der Waals surface area contributed by atoms with Gasteiger partial charge in [0.05, 0.1) is 5.69 Å². The summed E-state index contributed by atoms with van der Waals surface area (Å²) in [5, 5.41) is 4.48. The molecule has 0 atom stereocenters. The van der Waals surface area contributed by atoms with Crippen molar-refractivity contribution in [2.45, 2.75) is 6.92 Å². The van der Waals surface area contributed by atoms with Crippen LogP contribution in [0.4, 0.5) is 17.6 Å². The highest BCUT2D eigenvalue weighted by molar-refractivity contribution is 5.69. The lowest BCUT2D eigenvalue weighted by molar-refractivity contribution is 0.641. The predicted octanol–water partition coefficient (Wildman–Crippen LogP) is 1.22. The SMILES string of the molecule is Cc1cc2c(N3CCN(c4ccnc(N(C)C)n4)CC3)nccn2n1. The second-order valence-corrected chi connectivity index (χ2v) is 6.45. The number of aromatic nitrogens is 5. The van der Waals surface area contributed by atoms with Crippen molar-refractivity contribution in [3.05, 3.63) is 36.4 Å². The van der Waals surface area contributed by atoms with Crippen molar-refractivity contribution in [3.63, 3.8) is 0 Å². The zero-order chi connectivity index (χ0) is 17.4. The highest BCUT2D eigenvalue weighted by atomic mass is 15.3. The van der Waals surface area contributed by atoms with Gasteiger partial charge in [-0.2, -0.15) is 10.1 Å². The van der Waals surface area contributed by atoms with Gasteiger partial charge in [0.1, 0.15) is 11.3 Å². The van der Waals surface area contributed by atoms with Crippen LogP contribution in [0.15, 0.2) is 30.7 Å². The number of hydrogen-bond donors (Lipinski definition) is 0. The first-order valence-corrected chi connectivity index (χ1v) is 8.43. The normalized spacial score (nSPS) is 15.0. The fourth-order valence-electron chi connectivity index (χ4n) is 3.15. The third kappa shape index (κ3) is 2.95. The van der Waals surface area contributed by atoms with Crippen molar-refractivity contribution in [1.82, 2.24) is 24.6 Å². The summed E-state index contributed by atoms with van der Waals surface area (Å²) < 4.78 is 1.90. The summed E-state index contributed by atoms with van der Waals surface area (Å²) in [6.45, 7) is 5.61. The topological polar surface area (TPSA) is 65.7 Å². The number of aryl methyl sites for hydroxylation is 1. The van der Waals surface area contributed by atoms with Crippen LogP contribution in [0.3, 0.4) is 0 Å². The van der Waals surface area contributed by atoms with Crippen LogP contribution in [0.2, 0.25) is 0 Å². The first-order chi connectivity index (χ1) is 12.1. The van der Waals surface area contributed by atoms with Crippen LogP contribution < -0.4 is 14.7 Å². The molecule has 0 radical (unpaired) electrons. The van der Waals surface area contributed by atoms with E-state index >= 15 is 0 Å². The van der Waals surface area contributed by atoms with Crippen LogP contribution in [-0.4, -0.2) is 64.8 Å². The number of rotatable bonds is 3. The van der Waals surface area contributed by atoms with Crippen LogP contribution in [-0.2, 0) is 0 Å². The minimum Gasteiger partial charge on any atom is -0.353 e. The second kappa shape index (κ2) is 6.19. The molecule has 1 aliphatic heterocycles. The third-order valence-corrected chi connectivity index (χ3v) is 4.42. The van der Waals surface area contributed by atoms with Gasteiger partial charge >= 0.3 is 0 Å². The van der Waals surface area contributed by atoms with Gasteiger partial charge < -0.3 is 14.7 Å². The van der Waals surface area contributed by atoms with Gasteiger partial charge in [0.25, 0.3) is 0 Å². The maximum Gasteiger partial charge on any atom is 0.226 e. The summed E-state index contributed by atoms with van der Waals surface area (Å²) in [5.74, 6) is 2.71. The average Bonchev–Trinajstić information content (AvgIpc) is 3.02. The van der Waals surface area contributed by atoms with E-state index < -0.39 is 0 Å². The third-order valence-electron chi connectivity index (χ3n) is 4.42. The Morgan fingerprint density at radius 1 is 1.00 bits per heavy atom. The number of piperazine rings is 1. The molecule has 0 unspecified atom stereocenters. The lowest BCUT2D eigenvalue weighted by atomic mass is 10.3. The van der Waals surface area contributed by atoms with E-state index in [-0.39, 0.29) is 0 Å². The Kier molecular flexibility index (Phi) is 3.87. The molecule has 25 heavy (non-hydrogen) atoms. The average molecular weight is 338 g/mol. The van der Waals surface area contributed by atoms with Gasteiger partial charge in [-0.25, -0.2) is 14.5 Å². The van der Waals surface area contributed by atoms with E-state index in [1.165, 1.54) is 0 Å². The molecule has 1 fully saturated rings. The molecule has 130 valence electrons. The highest BCUT2D eigenvalue weighted by Crippen LogP contribution is 2.22. The van der Waals surface area contributed by atoms with Crippen molar-refractivity contribution in [2.24, 2.45) is 0 Å². The molecule has 4 heterocycles. The van der Waals surface area contributed by atoms with Gasteiger partial charge in [0, 0.05) is 58.9 Å². The Morgan fingerprint density at radius 3 is 2.52 bits per heavy atom. The van der Waals surface area contributed by atoms with E-state index in [0.29, 0.717) is 0 Å². The molecule has 0 saturated carbocycles. The van der Waals surface area contributed by atoms with E-state index in [9.17, 15) is 0 Å². The second-order valence-electron chi connectivity index (χ2n) is 6.45. The molecule has 8 heteroatoms. The first-order valence-electron chi connectivity index (χ1n) is 8.43. The molecular weight excluding hydrogens is 316 g/mol. The zero-order valence-corrected chi connectivity index (χ0v) is 14.8. The Morgan fingerprint density at radius 2 is 1.76 bits per heavy atom. The monoisotopic (exact) mass is 338 g/mol. The van der Waals surface area contributed by atoms with Crippen LogP contribution in [0.25, 0.3) is 5.52 Å². The molecule has 0 bridgehead atoms. The fourth-order valence-corrected chi connectivity index (χ4v) is 3.15. The van der Waals surface area contributed by atoms with Gasteiger partial charge in [-0.1, -0.05) is 0 Å². The maximum atomic E-state index is 4.64. The number of anilines is 3. The Bertz CT molecular complexity index is 879. The van der Waals surface area contributed by atoms with Crippen molar-refractivity contribution < 1.29 is 0 Å². The van der Waals surface area contributed by atoms with E-state index in [0.717, 1.165) is 55.0 Å². The van der Waals surface area contributed by atoms with E-state index in [1.807, 2.05) is 55.1 Å². The van der Waals surface area contributed by atoms with Crippen molar-refractivity contribution in [2.75, 3.05) is 55.0 Å². The summed E-state index contributed by atoms with van der Waals surface area (Å²) in [7, 11) is 3.91. The summed E-state index contributed by atoms with van der Waals surface area (Å²) in [6, 6.07) is 4.06. The number of fused-ring (bicyclic) bond motifs is 1. The molecule has 0 amide bonds. The molecule has 0 N–H and O–H groups in total. The van der Waals surface area contributed by atoms with Gasteiger partial charge in [-0.15, -0.1) is 0 Å². The van der Waals surface area contributed by atoms with Crippen LogP contribution in [0, 0.1) is 6.92 Å². The first kappa shape index (κ1) is 15.6. The molecule has 8 nitrogen and oxygen atoms in total. The maximum absolute atomic E-state index is 4.64. The molecule has 0 spiro atoms. The lowest BCUT2D eigenvalue weighted by Crippen LogP contribution is -2.47. The van der Waals surface area contributed by atoms with E-state index in [2.05, 4.69) is 35.9 Å². The lowest BCUT2D eigenvalue weighted by Gasteiger charge is -2.36. The molecular formula is C17H22N8. The number of hydrogen-bond acceptors (Lipinski definition) is 7. The highest BCUT2D eigenvalue weighted by Gasteiger charge is 2.21. The summed E-state index contributed by atoms with van der Waals surface area (Å²) >= 11 is 0. The van der Waals surface area contributed by atoms with E-state index in [1.54, 1.807) is 0 Å². The summed E-state index contributed by atoms with van der Waals surface area (Å²) in [6.07, 6.45) is 5.53. The largest absolute Gasteiger partial charge is 0.353 e. The van der Waals surface area contributed by atoms with Gasteiger partial charge in [-0.05, 0) is 19.1 Å². The quantitative estimate of drug-likeness (QED) is 0.711. The Labute approximate surface area is 146 Å². The minimum atomic E-state index is 0.737. The summed E-state index contributed by atoms with van der Waals surface area (Å²) in [5.41, 5.74) is 2.07. The van der Waals surface area contributed by atoms with E-state index in [4.69, 9.17) is 0 Å². The standard InChI is InChI=1S/C17H22N8/c1-13-12-14-16(18-6-7-25(14)21-13)24-10-8-23(9-11-24)15-4-5-19-17(20-15)22(2)3/h4-7,12H,8-11H2,1-3H3. The minimum absolute atomic E-state index is 0.737. The zero-order valence-electron chi connectivity index (χ0n) is 14.8. The predicted molar refractivity (Wildman–Crippen MR) is 98.5 cm³/mol. The van der Waals surface area contributed by atoms with Crippen LogP contribution in [0.1, 0.15) is 5.69 Å². The molecule has 0 aromatic carbocycles. The summed E-state index contributed by atoms with van der Waals surface area (Å²) in [4.78, 5) is 20.1. The van der Waals surface area contributed by atoms with Gasteiger partial charge in [-0.3, -0.25) is 0 Å². The van der Waals surface area contributed by atoms with Crippen LogP contribution >= 0.6 is 0 Å². The van der Waals surface area contributed by atoms with Crippen molar-refractivity contribution in [3.8, 4) is 0 Å². The molecule has 3 aromatic heterocycles. The molecule has 1 aliphatic rings. The Hall–Kier alpha value is -2.90. The molecule has 4 rings (SSSR count). The molecule has 3 aromatic rings. The molecule has 0 aliphatic carbocycles. The molecule has 1 saturated heterocycles. The van der Waals surface area contributed by atoms with Gasteiger partial charge in [0.15, 0.2) is 5.82 Å². The van der Waals surface area contributed by atoms with Gasteiger partial charge in [0.2, 0.25) is 5.95 Å². The Balaban J connectivity index is 1.52. The van der Waals surface area contributed by atoms with Crippen LogP contribution in [0.5, 0.6) is 0 Å². The smallest absolute Gasteiger partial charge is 0.226 e. The fraction of sp³-hybridized carbons (Fsp3) is 0.412. The number of nitrogens with zero attached hydrogens (tertiary/aromatic N) is 8. The van der Waals surface area contributed by atoms with Crippen molar-refractivity contribution >= 4 is 23.1 Å². The van der Waals surface area contributed by atoms with Crippen molar-refractivity contribution in [1.29, 1.82) is 0 Å².